The second-order valence-electron chi connectivity index (χ2n) is 5.35. The van der Waals surface area contributed by atoms with Crippen molar-refractivity contribution < 1.29 is 22.8 Å². The summed E-state index contributed by atoms with van der Waals surface area (Å²) in [6.45, 7) is 4.62. The first kappa shape index (κ1) is 14.8. The number of carbonyl (C=O) groups is 2. The van der Waals surface area contributed by atoms with Gasteiger partial charge in [-0.1, -0.05) is 13.8 Å². The molecular formula is C11H17F3N2O2. The molecule has 1 fully saturated rings. The molecule has 0 aliphatic carbocycles. The molecule has 0 radical (unpaired) electrons. The lowest BCUT2D eigenvalue weighted by Gasteiger charge is -2.44. The van der Waals surface area contributed by atoms with Crippen molar-refractivity contribution in [3.8, 4) is 0 Å². The van der Waals surface area contributed by atoms with Crippen LogP contribution >= 0.6 is 0 Å². The monoisotopic (exact) mass is 266 g/mol. The second-order valence-corrected chi connectivity index (χ2v) is 5.35. The molecule has 0 aromatic heterocycles. The maximum atomic E-state index is 12.5. The van der Waals surface area contributed by atoms with E-state index in [1.807, 2.05) is 0 Å². The Morgan fingerprint density at radius 3 is 2.22 bits per heavy atom. The summed E-state index contributed by atoms with van der Waals surface area (Å²) in [6, 6.07) is -1.08. The summed E-state index contributed by atoms with van der Waals surface area (Å²) in [5, 5.41) is 2.46. The molecule has 0 aromatic rings. The van der Waals surface area contributed by atoms with Crippen LogP contribution in [0.2, 0.25) is 0 Å². The third kappa shape index (κ3) is 2.94. The highest BCUT2D eigenvalue weighted by Gasteiger charge is 2.49. The largest absolute Gasteiger partial charge is 0.406 e. The Labute approximate surface area is 104 Å². The Kier molecular flexibility index (Phi) is 3.65. The zero-order valence-corrected chi connectivity index (χ0v) is 10.8. The van der Waals surface area contributed by atoms with Crippen LogP contribution in [0.25, 0.3) is 0 Å². The molecule has 0 aromatic carbocycles. The van der Waals surface area contributed by atoms with E-state index in [1.165, 1.54) is 13.8 Å². The zero-order chi connectivity index (χ0) is 14.3. The molecule has 1 heterocycles. The highest BCUT2D eigenvalue weighted by atomic mass is 19.4. The van der Waals surface area contributed by atoms with E-state index in [0.29, 0.717) is 4.90 Å². The van der Waals surface area contributed by atoms with Gasteiger partial charge in [-0.2, -0.15) is 13.2 Å². The summed E-state index contributed by atoms with van der Waals surface area (Å²) in [4.78, 5) is 24.4. The zero-order valence-electron chi connectivity index (χ0n) is 10.8. The van der Waals surface area contributed by atoms with Crippen LogP contribution < -0.4 is 5.32 Å². The van der Waals surface area contributed by atoms with E-state index in [9.17, 15) is 22.8 Å². The average molecular weight is 266 g/mol. The molecule has 1 atom stereocenters. The summed E-state index contributed by atoms with van der Waals surface area (Å²) in [5.74, 6) is -1.63. The van der Waals surface area contributed by atoms with Crippen molar-refractivity contribution in [2.45, 2.75) is 45.5 Å². The van der Waals surface area contributed by atoms with Crippen LogP contribution in [0.4, 0.5) is 13.2 Å². The van der Waals surface area contributed by atoms with Gasteiger partial charge in [0.1, 0.15) is 18.1 Å². The number of halogens is 3. The topological polar surface area (TPSA) is 49.4 Å². The Hall–Kier alpha value is -1.27. The molecule has 1 unspecified atom stereocenters. The number of nitrogens with zero attached hydrogens (tertiary/aromatic N) is 1. The molecule has 1 saturated heterocycles. The van der Waals surface area contributed by atoms with Gasteiger partial charge in [-0.05, 0) is 19.8 Å². The van der Waals surface area contributed by atoms with E-state index in [4.69, 9.17) is 0 Å². The highest BCUT2D eigenvalue weighted by Crippen LogP contribution is 2.27. The Morgan fingerprint density at radius 2 is 1.83 bits per heavy atom. The van der Waals surface area contributed by atoms with Gasteiger partial charge >= 0.3 is 6.18 Å². The van der Waals surface area contributed by atoms with Crippen molar-refractivity contribution in [2.75, 3.05) is 6.54 Å². The first-order valence-corrected chi connectivity index (χ1v) is 5.65. The number of carbonyl (C=O) groups excluding carboxylic acids is 2. The summed E-state index contributed by atoms with van der Waals surface area (Å²) in [7, 11) is 0. The number of hydrogen-bond donors (Lipinski definition) is 1. The fourth-order valence-electron chi connectivity index (χ4n) is 2.09. The second kappa shape index (κ2) is 4.44. The Bertz CT molecular complexity index is 364. The van der Waals surface area contributed by atoms with Crippen LogP contribution in [0.1, 0.15) is 27.7 Å². The Balaban J connectivity index is 3.10. The van der Waals surface area contributed by atoms with E-state index in [0.717, 1.165) is 0 Å². The third-order valence-corrected chi connectivity index (χ3v) is 2.82. The van der Waals surface area contributed by atoms with E-state index < -0.39 is 36.1 Å². The lowest BCUT2D eigenvalue weighted by molar-refractivity contribution is -0.179. The van der Waals surface area contributed by atoms with E-state index in [1.54, 1.807) is 13.8 Å². The van der Waals surface area contributed by atoms with E-state index >= 15 is 0 Å². The number of nitrogens with one attached hydrogen (secondary N) is 1. The van der Waals surface area contributed by atoms with Crippen molar-refractivity contribution in [3.63, 3.8) is 0 Å². The van der Waals surface area contributed by atoms with Gasteiger partial charge in [-0.25, -0.2) is 0 Å². The molecule has 2 amide bonds. The number of amides is 2. The molecular weight excluding hydrogens is 249 g/mol. The van der Waals surface area contributed by atoms with Crippen LogP contribution in [0, 0.1) is 5.92 Å². The van der Waals surface area contributed by atoms with Crippen LogP contribution in [0.3, 0.4) is 0 Å². The van der Waals surface area contributed by atoms with Crippen molar-refractivity contribution in [1.82, 2.24) is 10.2 Å². The lowest BCUT2D eigenvalue weighted by Crippen LogP contribution is -2.70. The average Bonchev–Trinajstić information content (AvgIpc) is 2.09. The maximum Gasteiger partial charge on any atom is 0.406 e. The molecule has 4 nitrogen and oxygen atoms in total. The first-order chi connectivity index (χ1) is 7.96. The number of hydrogen-bond acceptors (Lipinski definition) is 2. The van der Waals surface area contributed by atoms with Gasteiger partial charge < -0.3 is 10.2 Å². The first-order valence-electron chi connectivity index (χ1n) is 5.65. The molecule has 1 N–H and O–H groups in total. The van der Waals surface area contributed by atoms with E-state index in [-0.39, 0.29) is 5.92 Å². The van der Waals surface area contributed by atoms with Gasteiger partial charge in [-0.15, -0.1) is 0 Å². The normalized spacial score (nSPS) is 24.4. The van der Waals surface area contributed by atoms with Crippen molar-refractivity contribution in [2.24, 2.45) is 5.92 Å². The van der Waals surface area contributed by atoms with Gasteiger partial charge in [0.25, 0.3) is 0 Å². The van der Waals surface area contributed by atoms with Crippen LogP contribution in [0.5, 0.6) is 0 Å². The molecule has 1 aliphatic rings. The smallest absolute Gasteiger partial charge is 0.340 e. The van der Waals surface area contributed by atoms with Gasteiger partial charge in [0.15, 0.2) is 0 Å². The predicted molar refractivity (Wildman–Crippen MR) is 58.6 cm³/mol. The molecule has 0 spiro atoms. The summed E-state index contributed by atoms with van der Waals surface area (Å²) < 4.78 is 37.5. The lowest BCUT2D eigenvalue weighted by atomic mass is 9.91. The summed E-state index contributed by atoms with van der Waals surface area (Å²) in [6.07, 6.45) is -4.52. The molecule has 1 aliphatic heterocycles. The predicted octanol–water partition coefficient (Wildman–Crippen LogP) is 1.31. The number of piperazine rings is 1. The van der Waals surface area contributed by atoms with Gasteiger partial charge in [0, 0.05) is 0 Å². The molecule has 0 bridgehead atoms. The molecule has 0 saturated carbocycles. The quantitative estimate of drug-likeness (QED) is 0.819. The highest BCUT2D eigenvalue weighted by molar-refractivity contribution is 5.99. The molecule has 104 valence electrons. The molecule has 7 heteroatoms. The fourth-order valence-corrected chi connectivity index (χ4v) is 2.09. The van der Waals surface area contributed by atoms with Crippen molar-refractivity contribution in [3.05, 3.63) is 0 Å². The fraction of sp³-hybridized carbons (Fsp3) is 0.818. The van der Waals surface area contributed by atoms with Crippen molar-refractivity contribution >= 4 is 11.8 Å². The minimum atomic E-state index is -4.52. The van der Waals surface area contributed by atoms with Crippen molar-refractivity contribution in [1.29, 1.82) is 0 Å². The van der Waals surface area contributed by atoms with Crippen LogP contribution in [0.15, 0.2) is 0 Å². The SMILES string of the molecule is CC(C)C1C(=O)NC(C)(C)C(=O)N1CC(F)(F)F. The van der Waals surface area contributed by atoms with E-state index in [2.05, 4.69) is 5.32 Å². The molecule has 18 heavy (non-hydrogen) atoms. The molecule has 1 rings (SSSR count). The van der Waals surface area contributed by atoms with Gasteiger partial charge in [-0.3, -0.25) is 9.59 Å². The van der Waals surface area contributed by atoms with Crippen LogP contribution in [-0.4, -0.2) is 41.0 Å². The summed E-state index contributed by atoms with van der Waals surface area (Å²) in [5.41, 5.74) is -1.30. The minimum absolute atomic E-state index is 0.382. The van der Waals surface area contributed by atoms with Gasteiger partial charge in [0.05, 0.1) is 0 Å². The number of alkyl halides is 3. The standard InChI is InChI=1S/C11H17F3N2O2/c1-6(2)7-8(17)15-10(3,4)9(18)16(7)5-11(12,13)14/h6-7H,5H2,1-4H3,(H,15,17). The van der Waals surface area contributed by atoms with Gasteiger partial charge in [0.2, 0.25) is 11.8 Å². The maximum absolute atomic E-state index is 12.5. The number of rotatable bonds is 2. The Morgan fingerprint density at radius 1 is 1.33 bits per heavy atom. The summed E-state index contributed by atoms with van der Waals surface area (Å²) >= 11 is 0. The minimum Gasteiger partial charge on any atom is -0.340 e. The van der Waals surface area contributed by atoms with Crippen LogP contribution in [-0.2, 0) is 9.59 Å². The third-order valence-electron chi connectivity index (χ3n) is 2.82.